The van der Waals surface area contributed by atoms with Crippen LogP contribution in [0.15, 0.2) is 42.7 Å². The molecule has 8 nitrogen and oxygen atoms in total. The number of carbonyl (C=O) groups excluding carboxylic acids is 2. The number of pyridine rings is 1. The first-order valence-electron chi connectivity index (χ1n) is 17.9. The summed E-state index contributed by atoms with van der Waals surface area (Å²) >= 11 is 1.76. The van der Waals surface area contributed by atoms with E-state index in [9.17, 15) is 9.59 Å². The molecule has 3 aliphatic rings. The molecule has 2 amide bonds. The second-order valence-corrected chi connectivity index (χ2v) is 16.5. The van der Waals surface area contributed by atoms with Gasteiger partial charge in [-0.1, -0.05) is 32.9 Å². The van der Waals surface area contributed by atoms with Gasteiger partial charge in [-0.3, -0.25) is 9.69 Å². The molecule has 0 atom stereocenters. The lowest BCUT2D eigenvalue weighted by Crippen LogP contribution is -2.43. The van der Waals surface area contributed by atoms with Gasteiger partial charge in [0.2, 0.25) is 5.91 Å². The average Bonchev–Trinajstić information content (AvgIpc) is 3.82. The molecule has 3 aliphatic carbocycles. The molecule has 0 radical (unpaired) electrons. The van der Waals surface area contributed by atoms with Crippen LogP contribution in [-0.2, 0) is 9.53 Å². The number of anilines is 1. The molecule has 2 heterocycles. The number of benzene rings is 1. The van der Waals surface area contributed by atoms with Crippen LogP contribution in [0.25, 0.3) is 10.4 Å². The maximum atomic E-state index is 14.4. The Morgan fingerprint density at radius 3 is 2.33 bits per heavy atom. The van der Waals surface area contributed by atoms with Gasteiger partial charge in [0.1, 0.15) is 17.7 Å². The van der Waals surface area contributed by atoms with Crippen LogP contribution in [0.1, 0.15) is 113 Å². The quantitative estimate of drug-likeness (QED) is 0.231. The van der Waals surface area contributed by atoms with Crippen molar-refractivity contribution in [2.75, 3.05) is 25.1 Å². The van der Waals surface area contributed by atoms with E-state index < -0.39 is 0 Å². The lowest BCUT2D eigenvalue weighted by Gasteiger charge is -2.35. The largest absolute Gasteiger partial charge is 0.496 e. The van der Waals surface area contributed by atoms with E-state index in [2.05, 4.69) is 57.3 Å². The number of amides is 2. The number of carbonyl (C=O) groups is 2. The van der Waals surface area contributed by atoms with Gasteiger partial charge in [-0.25, -0.2) is 14.8 Å². The first-order chi connectivity index (χ1) is 23.1. The molecule has 0 spiro atoms. The molecule has 3 saturated carbocycles. The Labute approximate surface area is 290 Å². The van der Waals surface area contributed by atoms with Gasteiger partial charge in [-0.2, -0.15) is 0 Å². The zero-order valence-corrected chi connectivity index (χ0v) is 30.1. The van der Waals surface area contributed by atoms with Gasteiger partial charge < -0.3 is 14.8 Å². The predicted molar refractivity (Wildman–Crippen MR) is 192 cm³/mol. The van der Waals surface area contributed by atoms with Gasteiger partial charge in [0.05, 0.1) is 17.0 Å². The Balaban J connectivity index is 1.14. The number of hydrogen-bond acceptors (Lipinski definition) is 7. The van der Waals surface area contributed by atoms with Crippen molar-refractivity contribution in [1.82, 2.24) is 15.3 Å². The third-order valence-electron chi connectivity index (χ3n) is 10.3. The number of nitrogens with zero attached hydrogens (tertiary/aromatic N) is 3. The summed E-state index contributed by atoms with van der Waals surface area (Å²) < 4.78 is 11.2. The molecule has 3 fully saturated rings. The normalized spacial score (nSPS) is 22.9. The molecule has 1 N–H and O–H groups in total. The summed E-state index contributed by atoms with van der Waals surface area (Å²) in [6.45, 7) is 9.58. The van der Waals surface area contributed by atoms with Gasteiger partial charge in [-0.15, -0.1) is 11.3 Å². The molecular weight excluding hydrogens is 621 g/mol. The third-order valence-corrected chi connectivity index (χ3v) is 11.5. The van der Waals surface area contributed by atoms with E-state index in [1.165, 1.54) is 29.0 Å². The van der Waals surface area contributed by atoms with Crippen molar-refractivity contribution in [3.8, 4) is 16.2 Å². The molecule has 0 saturated heterocycles. The number of hydrogen-bond donors (Lipinski definition) is 1. The van der Waals surface area contributed by atoms with Crippen LogP contribution >= 0.6 is 11.3 Å². The fourth-order valence-electron chi connectivity index (χ4n) is 7.23. The minimum atomic E-state index is -0.365. The SMILES string of the molecule is COc1ccc(C2CCC(CN(C(=O)C3CCC(OC(=O)NCC(C)(C)C)CC3)c3cc(-c4cnc(C5CC5)s4)ccn3)CC2)cc1C. The van der Waals surface area contributed by atoms with Crippen molar-refractivity contribution < 1.29 is 19.1 Å². The topological polar surface area (TPSA) is 93.6 Å². The maximum absolute atomic E-state index is 14.4. The standard InChI is InChI=1S/C39H52N4O4S/c1-25-20-30(14-17-33(25)46-5)27-8-6-26(7-9-27)23-43(35-21-31(18-19-40-35)34-22-41-36(48-34)28-10-11-28)37(44)29-12-15-32(16-13-29)47-38(45)42-24-39(2,3)4/h14,17-22,26-29,32H,6-13,15-16,23-24H2,1-5H3,(H,42,45). The van der Waals surface area contributed by atoms with Crippen LogP contribution < -0.4 is 15.0 Å². The van der Waals surface area contributed by atoms with Gasteiger partial charge in [0.15, 0.2) is 0 Å². The molecule has 258 valence electrons. The second-order valence-electron chi connectivity index (χ2n) is 15.4. The van der Waals surface area contributed by atoms with Gasteiger partial charge in [-0.05, 0) is 123 Å². The summed E-state index contributed by atoms with van der Waals surface area (Å²) in [5.74, 6) is 3.24. The number of thiazole rings is 1. The van der Waals surface area contributed by atoms with Gasteiger partial charge in [0.25, 0.3) is 0 Å². The maximum Gasteiger partial charge on any atom is 0.407 e. The molecule has 1 aromatic carbocycles. The number of methoxy groups -OCH3 is 1. The van der Waals surface area contributed by atoms with Crippen LogP contribution in [0, 0.1) is 24.2 Å². The molecule has 6 rings (SSSR count). The molecule has 0 aliphatic heterocycles. The summed E-state index contributed by atoms with van der Waals surface area (Å²) in [6, 6.07) is 10.7. The predicted octanol–water partition coefficient (Wildman–Crippen LogP) is 9.04. The highest BCUT2D eigenvalue weighted by atomic mass is 32.1. The minimum absolute atomic E-state index is 0.00855. The summed E-state index contributed by atoms with van der Waals surface area (Å²) in [5.41, 5.74) is 3.62. The smallest absolute Gasteiger partial charge is 0.407 e. The van der Waals surface area contributed by atoms with Crippen molar-refractivity contribution in [2.24, 2.45) is 17.3 Å². The minimum Gasteiger partial charge on any atom is -0.496 e. The number of ether oxygens (including phenoxy) is 2. The molecule has 9 heteroatoms. The van der Waals surface area contributed by atoms with Crippen molar-refractivity contribution in [2.45, 2.75) is 110 Å². The number of alkyl carbamates (subject to hydrolysis) is 1. The molecule has 3 aromatic rings. The Kier molecular flexibility index (Phi) is 10.7. The lowest BCUT2D eigenvalue weighted by atomic mass is 9.78. The Morgan fingerprint density at radius 2 is 1.67 bits per heavy atom. The highest BCUT2D eigenvalue weighted by Gasteiger charge is 2.34. The van der Waals surface area contributed by atoms with Gasteiger partial charge >= 0.3 is 6.09 Å². The molecule has 48 heavy (non-hydrogen) atoms. The highest BCUT2D eigenvalue weighted by molar-refractivity contribution is 7.15. The highest BCUT2D eigenvalue weighted by Crippen LogP contribution is 2.44. The second kappa shape index (κ2) is 15.0. The lowest BCUT2D eigenvalue weighted by molar-refractivity contribution is -0.124. The van der Waals surface area contributed by atoms with E-state index in [1.807, 2.05) is 23.4 Å². The van der Waals surface area contributed by atoms with Crippen molar-refractivity contribution >= 4 is 29.2 Å². The van der Waals surface area contributed by atoms with Crippen LogP contribution in [0.3, 0.4) is 0 Å². The van der Waals surface area contributed by atoms with Crippen LogP contribution in [0.2, 0.25) is 0 Å². The third kappa shape index (κ3) is 8.76. The fraction of sp³-hybridized carbons (Fsp3) is 0.590. The number of nitrogens with one attached hydrogen (secondary N) is 1. The van der Waals surface area contributed by atoms with Crippen LogP contribution in [0.5, 0.6) is 5.75 Å². The zero-order valence-electron chi connectivity index (χ0n) is 29.3. The molecule has 2 aromatic heterocycles. The summed E-state index contributed by atoms with van der Waals surface area (Å²) in [4.78, 5) is 39.4. The van der Waals surface area contributed by atoms with Crippen molar-refractivity contribution in [1.29, 1.82) is 0 Å². The molecule has 0 unspecified atom stereocenters. The number of aryl methyl sites for hydroxylation is 1. The fourth-order valence-corrected chi connectivity index (χ4v) is 8.31. The average molecular weight is 673 g/mol. The Hall–Kier alpha value is -3.46. The van der Waals surface area contributed by atoms with E-state index >= 15 is 0 Å². The molecular formula is C39H52N4O4S. The summed E-state index contributed by atoms with van der Waals surface area (Å²) in [6.07, 6.45) is 12.9. The van der Waals surface area contributed by atoms with E-state index in [0.717, 1.165) is 47.7 Å². The summed E-state index contributed by atoms with van der Waals surface area (Å²) in [7, 11) is 1.72. The Bertz CT molecular complexity index is 1560. The van der Waals surface area contributed by atoms with E-state index in [-0.39, 0.29) is 29.4 Å². The van der Waals surface area contributed by atoms with Crippen molar-refractivity contribution in [3.63, 3.8) is 0 Å². The number of aromatic nitrogens is 2. The van der Waals surface area contributed by atoms with Crippen LogP contribution in [0.4, 0.5) is 10.6 Å². The van der Waals surface area contributed by atoms with E-state index in [1.54, 1.807) is 18.4 Å². The van der Waals surface area contributed by atoms with Gasteiger partial charge in [0, 0.05) is 37.3 Å². The Morgan fingerprint density at radius 1 is 0.938 bits per heavy atom. The van der Waals surface area contributed by atoms with E-state index in [4.69, 9.17) is 19.4 Å². The molecule has 0 bridgehead atoms. The van der Waals surface area contributed by atoms with E-state index in [0.29, 0.717) is 56.5 Å². The zero-order chi connectivity index (χ0) is 33.8. The first-order valence-corrected chi connectivity index (χ1v) is 18.7. The number of rotatable bonds is 10. The van der Waals surface area contributed by atoms with Crippen molar-refractivity contribution in [3.05, 3.63) is 58.9 Å². The first kappa shape index (κ1) is 34.4. The summed E-state index contributed by atoms with van der Waals surface area (Å²) in [5, 5.41) is 4.10. The van der Waals surface area contributed by atoms with Crippen LogP contribution in [-0.4, -0.2) is 48.3 Å². The monoisotopic (exact) mass is 672 g/mol.